The molecular formula is C16H21Cl. The van der Waals surface area contributed by atoms with Gasteiger partial charge < -0.3 is 0 Å². The third kappa shape index (κ3) is 3.35. The second-order valence-electron chi connectivity index (χ2n) is 5.13. The summed E-state index contributed by atoms with van der Waals surface area (Å²) in [5, 5.41) is 0.247. The van der Waals surface area contributed by atoms with Crippen molar-refractivity contribution in [3.63, 3.8) is 0 Å². The van der Waals surface area contributed by atoms with Gasteiger partial charge in [-0.05, 0) is 56.2 Å². The van der Waals surface area contributed by atoms with Gasteiger partial charge in [-0.1, -0.05) is 36.3 Å². The lowest BCUT2D eigenvalue weighted by Gasteiger charge is -2.12. The van der Waals surface area contributed by atoms with Gasteiger partial charge in [-0.25, -0.2) is 0 Å². The minimum absolute atomic E-state index is 0.247. The van der Waals surface area contributed by atoms with E-state index in [-0.39, 0.29) is 5.38 Å². The first-order valence-electron chi connectivity index (χ1n) is 6.55. The molecule has 0 saturated carbocycles. The Balaban J connectivity index is 2.19. The Kier molecular flexibility index (Phi) is 4.28. The molecule has 1 unspecified atom stereocenters. The molecule has 0 radical (unpaired) electrons. The monoisotopic (exact) mass is 248 g/mol. The fraction of sp³-hybridized carbons (Fsp3) is 0.500. The van der Waals surface area contributed by atoms with E-state index in [2.05, 4.69) is 38.1 Å². The lowest BCUT2D eigenvalue weighted by Crippen LogP contribution is -1.98. The number of halogens is 1. The SMILES string of the molecule is Cc1cccc(C)c1CC1=CC(Cl)CCCC1. The summed E-state index contributed by atoms with van der Waals surface area (Å²) >= 11 is 6.29. The Morgan fingerprint density at radius 2 is 1.88 bits per heavy atom. The summed E-state index contributed by atoms with van der Waals surface area (Å²) in [7, 11) is 0. The van der Waals surface area contributed by atoms with Gasteiger partial charge in [0.25, 0.3) is 0 Å². The van der Waals surface area contributed by atoms with Gasteiger partial charge in [0.2, 0.25) is 0 Å². The van der Waals surface area contributed by atoms with Gasteiger partial charge >= 0.3 is 0 Å². The molecule has 2 rings (SSSR count). The molecule has 1 aliphatic carbocycles. The van der Waals surface area contributed by atoms with Crippen LogP contribution < -0.4 is 0 Å². The van der Waals surface area contributed by atoms with Gasteiger partial charge in [-0.2, -0.15) is 0 Å². The maximum absolute atomic E-state index is 6.29. The molecule has 0 bridgehead atoms. The number of hydrogen-bond donors (Lipinski definition) is 0. The number of allylic oxidation sites excluding steroid dienone is 2. The summed E-state index contributed by atoms with van der Waals surface area (Å²) in [5.41, 5.74) is 5.83. The highest BCUT2D eigenvalue weighted by Crippen LogP contribution is 2.26. The average molecular weight is 249 g/mol. The zero-order valence-electron chi connectivity index (χ0n) is 10.8. The van der Waals surface area contributed by atoms with E-state index in [0.29, 0.717) is 0 Å². The molecule has 0 nitrogen and oxygen atoms in total. The standard InChI is InChI=1S/C16H21Cl/c1-12-6-5-7-13(2)16(12)11-14-8-3-4-9-15(17)10-14/h5-7,10,15H,3-4,8-9,11H2,1-2H3. The first kappa shape index (κ1) is 12.7. The molecule has 0 aromatic heterocycles. The predicted octanol–water partition coefficient (Wildman–Crippen LogP) is 4.95. The van der Waals surface area contributed by atoms with Crippen LogP contribution in [0.2, 0.25) is 0 Å². The Hall–Kier alpha value is -0.750. The molecule has 0 aliphatic heterocycles. The van der Waals surface area contributed by atoms with Crippen molar-refractivity contribution < 1.29 is 0 Å². The number of alkyl halides is 1. The van der Waals surface area contributed by atoms with Crippen molar-refractivity contribution in [2.45, 2.75) is 51.3 Å². The molecule has 92 valence electrons. The summed E-state index contributed by atoms with van der Waals surface area (Å²) in [6.07, 6.45) is 8.29. The molecule has 17 heavy (non-hydrogen) atoms. The molecule has 0 fully saturated rings. The zero-order valence-corrected chi connectivity index (χ0v) is 11.6. The van der Waals surface area contributed by atoms with E-state index in [1.165, 1.54) is 41.5 Å². The molecule has 0 N–H and O–H groups in total. The topological polar surface area (TPSA) is 0 Å². The Morgan fingerprint density at radius 3 is 2.59 bits per heavy atom. The summed E-state index contributed by atoms with van der Waals surface area (Å²) in [6, 6.07) is 6.55. The van der Waals surface area contributed by atoms with Crippen molar-refractivity contribution in [3.8, 4) is 0 Å². The van der Waals surface area contributed by atoms with E-state index in [1.54, 1.807) is 0 Å². The smallest absolute Gasteiger partial charge is 0.0518 e. The predicted molar refractivity (Wildman–Crippen MR) is 75.8 cm³/mol. The number of aryl methyl sites for hydroxylation is 2. The molecule has 1 atom stereocenters. The van der Waals surface area contributed by atoms with E-state index in [4.69, 9.17) is 11.6 Å². The van der Waals surface area contributed by atoms with Crippen LogP contribution in [0.3, 0.4) is 0 Å². The van der Waals surface area contributed by atoms with Crippen LogP contribution in [-0.2, 0) is 6.42 Å². The number of hydrogen-bond acceptors (Lipinski definition) is 0. The van der Waals surface area contributed by atoms with Gasteiger partial charge in [-0.15, -0.1) is 11.6 Å². The molecular weight excluding hydrogens is 228 g/mol. The molecule has 1 heteroatoms. The first-order chi connectivity index (χ1) is 8.16. The van der Waals surface area contributed by atoms with Crippen molar-refractivity contribution in [2.75, 3.05) is 0 Å². The van der Waals surface area contributed by atoms with Crippen molar-refractivity contribution in [3.05, 3.63) is 46.5 Å². The van der Waals surface area contributed by atoms with E-state index in [9.17, 15) is 0 Å². The lowest BCUT2D eigenvalue weighted by atomic mass is 9.94. The third-order valence-electron chi connectivity index (χ3n) is 3.69. The highest BCUT2D eigenvalue weighted by Gasteiger charge is 2.11. The van der Waals surface area contributed by atoms with Gasteiger partial charge in [0.15, 0.2) is 0 Å². The van der Waals surface area contributed by atoms with Crippen molar-refractivity contribution in [1.82, 2.24) is 0 Å². The fourth-order valence-corrected chi connectivity index (χ4v) is 2.95. The number of benzene rings is 1. The average Bonchev–Trinajstić information content (AvgIpc) is 2.48. The quantitative estimate of drug-likeness (QED) is 0.513. The highest BCUT2D eigenvalue weighted by molar-refractivity contribution is 6.21. The second-order valence-corrected chi connectivity index (χ2v) is 5.69. The molecule has 1 aromatic carbocycles. The minimum atomic E-state index is 0.247. The number of rotatable bonds is 2. The van der Waals surface area contributed by atoms with Crippen LogP contribution in [0, 0.1) is 13.8 Å². The summed E-state index contributed by atoms with van der Waals surface area (Å²) in [4.78, 5) is 0. The Morgan fingerprint density at radius 1 is 1.18 bits per heavy atom. The van der Waals surface area contributed by atoms with Crippen molar-refractivity contribution in [2.24, 2.45) is 0 Å². The minimum Gasteiger partial charge on any atom is -0.118 e. The van der Waals surface area contributed by atoms with Crippen LogP contribution in [0.1, 0.15) is 42.4 Å². The maximum atomic E-state index is 6.29. The summed E-state index contributed by atoms with van der Waals surface area (Å²) < 4.78 is 0. The molecule has 0 heterocycles. The van der Waals surface area contributed by atoms with Crippen LogP contribution >= 0.6 is 11.6 Å². The van der Waals surface area contributed by atoms with Crippen molar-refractivity contribution >= 4 is 11.6 Å². The van der Waals surface area contributed by atoms with Crippen LogP contribution in [0.25, 0.3) is 0 Å². The fourth-order valence-electron chi connectivity index (χ4n) is 2.62. The van der Waals surface area contributed by atoms with Gasteiger partial charge in [0.05, 0.1) is 5.38 Å². The molecule has 1 aromatic rings. The zero-order chi connectivity index (χ0) is 12.3. The second kappa shape index (κ2) is 5.73. The van der Waals surface area contributed by atoms with E-state index >= 15 is 0 Å². The van der Waals surface area contributed by atoms with Gasteiger partial charge in [0.1, 0.15) is 0 Å². The summed E-state index contributed by atoms with van der Waals surface area (Å²) in [6.45, 7) is 4.41. The largest absolute Gasteiger partial charge is 0.118 e. The molecule has 0 saturated heterocycles. The molecule has 1 aliphatic rings. The normalized spacial score (nSPS) is 20.9. The first-order valence-corrected chi connectivity index (χ1v) is 6.99. The maximum Gasteiger partial charge on any atom is 0.0518 e. The Labute approximate surface area is 110 Å². The molecule has 0 amide bonds. The lowest BCUT2D eigenvalue weighted by molar-refractivity contribution is 0.709. The third-order valence-corrected chi connectivity index (χ3v) is 4.04. The molecule has 0 spiro atoms. The van der Waals surface area contributed by atoms with Crippen molar-refractivity contribution in [1.29, 1.82) is 0 Å². The summed E-state index contributed by atoms with van der Waals surface area (Å²) in [5.74, 6) is 0. The van der Waals surface area contributed by atoms with Crippen LogP contribution in [-0.4, -0.2) is 5.38 Å². The van der Waals surface area contributed by atoms with E-state index < -0.39 is 0 Å². The highest BCUT2D eigenvalue weighted by atomic mass is 35.5. The Bertz CT molecular complexity index is 397. The van der Waals surface area contributed by atoms with E-state index in [0.717, 1.165) is 12.8 Å². The van der Waals surface area contributed by atoms with Crippen LogP contribution in [0.4, 0.5) is 0 Å². The van der Waals surface area contributed by atoms with Crippen LogP contribution in [0.5, 0.6) is 0 Å². The van der Waals surface area contributed by atoms with Crippen LogP contribution in [0.15, 0.2) is 29.8 Å². The van der Waals surface area contributed by atoms with Gasteiger partial charge in [-0.3, -0.25) is 0 Å². The van der Waals surface area contributed by atoms with E-state index in [1.807, 2.05) is 0 Å². The van der Waals surface area contributed by atoms with Gasteiger partial charge in [0, 0.05) is 0 Å².